The fourth-order valence-corrected chi connectivity index (χ4v) is 4.32. The number of likely N-dealkylation sites (tertiary alicyclic amines) is 1. The van der Waals surface area contributed by atoms with Crippen LogP contribution in [-0.2, 0) is 18.3 Å². The molecule has 0 bridgehead atoms. The van der Waals surface area contributed by atoms with Crippen molar-refractivity contribution in [1.82, 2.24) is 25.0 Å². The Hall–Kier alpha value is -1.57. The van der Waals surface area contributed by atoms with E-state index in [0.717, 1.165) is 66.2 Å². The number of nitrogens with one attached hydrogen (secondary N) is 1. The second kappa shape index (κ2) is 11.7. The third-order valence-corrected chi connectivity index (χ3v) is 6.07. The molecule has 2 aromatic heterocycles. The Kier molecular flexibility index (Phi) is 10.3. The molecule has 1 amide bonds. The van der Waals surface area contributed by atoms with E-state index in [1.54, 1.807) is 11.8 Å². The molecule has 1 saturated heterocycles. The van der Waals surface area contributed by atoms with E-state index in [1.807, 2.05) is 25.9 Å². The molecule has 0 unspecified atom stereocenters. The normalized spacial score (nSPS) is 14.4. The molecule has 170 valence electrons. The molecule has 0 saturated carbocycles. The topological polar surface area (TPSA) is 72.3 Å². The van der Waals surface area contributed by atoms with Crippen molar-refractivity contribution in [3.05, 3.63) is 16.8 Å². The van der Waals surface area contributed by atoms with Crippen LogP contribution in [0, 0.1) is 19.8 Å². The first-order valence-electron chi connectivity index (χ1n) is 10.2. The number of fused-ring (bicyclic) bond motifs is 1. The summed E-state index contributed by atoms with van der Waals surface area (Å²) >= 11 is 0. The van der Waals surface area contributed by atoms with Crippen molar-refractivity contribution in [2.45, 2.75) is 46.0 Å². The molecule has 1 fully saturated rings. The van der Waals surface area contributed by atoms with Gasteiger partial charge >= 0.3 is 0 Å². The molecule has 0 atom stereocenters. The monoisotopic (exact) mass is 459 g/mol. The van der Waals surface area contributed by atoms with Crippen LogP contribution in [0.4, 0.5) is 0 Å². The van der Waals surface area contributed by atoms with E-state index < -0.39 is 0 Å². The maximum atomic E-state index is 12.8. The lowest BCUT2D eigenvalue weighted by atomic mass is 9.93. The Labute approximate surface area is 191 Å². The number of carbonyl (C=O) groups is 1. The van der Waals surface area contributed by atoms with E-state index in [0.29, 0.717) is 18.7 Å². The number of hydrogen-bond acceptors (Lipinski definition) is 5. The summed E-state index contributed by atoms with van der Waals surface area (Å²) in [6, 6.07) is 0. The van der Waals surface area contributed by atoms with Gasteiger partial charge in [-0.05, 0) is 70.2 Å². The van der Waals surface area contributed by atoms with E-state index in [4.69, 9.17) is 9.72 Å². The van der Waals surface area contributed by atoms with Gasteiger partial charge in [-0.15, -0.1) is 29.9 Å². The molecule has 9 heteroatoms. The number of ether oxygens (including phenoxy) is 1. The van der Waals surface area contributed by atoms with Crippen LogP contribution in [0.15, 0.2) is 0 Å². The third-order valence-electron chi connectivity index (χ3n) is 6.07. The molecule has 7 nitrogen and oxygen atoms in total. The summed E-state index contributed by atoms with van der Waals surface area (Å²) in [7, 11) is 5.50. The fourth-order valence-electron chi connectivity index (χ4n) is 4.32. The number of rotatable bonds is 7. The third kappa shape index (κ3) is 5.56. The van der Waals surface area contributed by atoms with E-state index in [1.165, 1.54) is 6.42 Å². The van der Waals surface area contributed by atoms with Crippen molar-refractivity contribution in [3.63, 3.8) is 0 Å². The van der Waals surface area contributed by atoms with Crippen LogP contribution < -0.4 is 10.1 Å². The van der Waals surface area contributed by atoms with E-state index in [-0.39, 0.29) is 30.7 Å². The predicted octanol–water partition coefficient (Wildman–Crippen LogP) is 3.22. The number of nitrogens with zero attached hydrogens (tertiary/aromatic N) is 4. The number of piperidine rings is 1. The number of hydrogen-bond donors (Lipinski definition) is 1. The van der Waals surface area contributed by atoms with E-state index in [2.05, 4.69) is 17.3 Å². The van der Waals surface area contributed by atoms with Crippen molar-refractivity contribution < 1.29 is 9.53 Å². The SMILES string of the molecule is CNCCC1CCN(C(=O)CCc2c(C)nc3c(c(OC)nn3C)c2C)CC1.Cl.Cl. The van der Waals surface area contributed by atoms with Gasteiger partial charge in [0.2, 0.25) is 11.8 Å². The maximum absolute atomic E-state index is 12.8. The first kappa shape index (κ1) is 26.5. The van der Waals surface area contributed by atoms with Crippen LogP contribution in [0.3, 0.4) is 0 Å². The molecular formula is C21H35Cl2N5O2. The predicted molar refractivity (Wildman–Crippen MR) is 125 cm³/mol. The molecule has 0 spiro atoms. The molecule has 30 heavy (non-hydrogen) atoms. The van der Waals surface area contributed by atoms with Crippen LogP contribution in [0.5, 0.6) is 5.88 Å². The van der Waals surface area contributed by atoms with Gasteiger partial charge in [0.1, 0.15) is 0 Å². The lowest BCUT2D eigenvalue weighted by Crippen LogP contribution is -2.39. The van der Waals surface area contributed by atoms with Crippen LogP contribution in [0.1, 0.15) is 42.5 Å². The minimum absolute atomic E-state index is 0. The molecule has 2 aromatic rings. The fraction of sp³-hybridized carbons (Fsp3) is 0.667. The summed E-state index contributed by atoms with van der Waals surface area (Å²) in [5, 5.41) is 8.57. The van der Waals surface area contributed by atoms with Gasteiger partial charge in [-0.3, -0.25) is 4.79 Å². The molecule has 0 radical (unpaired) electrons. The smallest absolute Gasteiger partial charge is 0.242 e. The van der Waals surface area contributed by atoms with Crippen molar-refractivity contribution >= 4 is 41.8 Å². The number of amides is 1. The van der Waals surface area contributed by atoms with Crippen LogP contribution in [0.25, 0.3) is 11.0 Å². The van der Waals surface area contributed by atoms with Crippen molar-refractivity contribution in [1.29, 1.82) is 0 Å². The molecule has 3 rings (SSSR count). The highest BCUT2D eigenvalue weighted by atomic mass is 35.5. The van der Waals surface area contributed by atoms with Crippen LogP contribution in [-0.4, -0.2) is 59.4 Å². The van der Waals surface area contributed by atoms with Crippen molar-refractivity contribution in [2.24, 2.45) is 13.0 Å². The van der Waals surface area contributed by atoms with Gasteiger partial charge in [0, 0.05) is 32.3 Å². The second-order valence-electron chi connectivity index (χ2n) is 7.85. The number of aromatic nitrogens is 3. The standard InChI is InChI=1S/C21H33N5O2.2ClH/c1-14-17(15(2)23-20-19(14)21(28-5)24-25(20)4)6-7-18(27)26-12-9-16(10-13-26)8-11-22-3;;/h16,22H,6-13H2,1-5H3;2*1H. The van der Waals surface area contributed by atoms with Gasteiger partial charge in [0.25, 0.3) is 0 Å². The zero-order valence-corrected chi connectivity index (χ0v) is 20.3. The van der Waals surface area contributed by atoms with Crippen molar-refractivity contribution in [2.75, 3.05) is 33.8 Å². The Bertz CT molecular complexity index is 848. The summed E-state index contributed by atoms with van der Waals surface area (Å²) in [5.41, 5.74) is 4.04. The highest BCUT2D eigenvalue weighted by Crippen LogP contribution is 2.30. The van der Waals surface area contributed by atoms with E-state index in [9.17, 15) is 4.79 Å². The van der Waals surface area contributed by atoms with E-state index >= 15 is 0 Å². The van der Waals surface area contributed by atoms with Crippen LogP contribution in [0.2, 0.25) is 0 Å². The summed E-state index contributed by atoms with van der Waals surface area (Å²) in [6.45, 7) is 6.93. The second-order valence-corrected chi connectivity index (χ2v) is 7.85. The van der Waals surface area contributed by atoms with Gasteiger partial charge < -0.3 is 15.0 Å². The van der Waals surface area contributed by atoms with Gasteiger partial charge in [-0.25, -0.2) is 9.67 Å². The lowest BCUT2D eigenvalue weighted by molar-refractivity contribution is -0.132. The number of pyridine rings is 1. The molecule has 1 aliphatic rings. The summed E-state index contributed by atoms with van der Waals surface area (Å²) in [4.78, 5) is 19.5. The van der Waals surface area contributed by atoms with Crippen molar-refractivity contribution in [3.8, 4) is 5.88 Å². The Morgan fingerprint density at radius 3 is 2.50 bits per heavy atom. The number of halogens is 2. The van der Waals surface area contributed by atoms with Gasteiger partial charge in [-0.1, -0.05) is 0 Å². The molecule has 3 heterocycles. The minimum atomic E-state index is 0. The zero-order valence-electron chi connectivity index (χ0n) is 18.7. The first-order chi connectivity index (χ1) is 13.5. The Morgan fingerprint density at radius 1 is 1.23 bits per heavy atom. The number of carbonyl (C=O) groups excluding carboxylic acids is 1. The lowest BCUT2D eigenvalue weighted by Gasteiger charge is -2.32. The molecule has 1 aliphatic heterocycles. The largest absolute Gasteiger partial charge is 0.479 e. The Morgan fingerprint density at radius 2 is 1.90 bits per heavy atom. The van der Waals surface area contributed by atoms with Gasteiger partial charge in [0.15, 0.2) is 5.65 Å². The van der Waals surface area contributed by atoms with Gasteiger partial charge in [-0.2, -0.15) is 0 Å². The Balaban J connectivity index is 0.00000225. The number of methoxy groups -OCH3 is 1. The first-order valence-corrected chi connectivity index (χ1v) is 10.2. The molecule has 1 N–H and O–H groups in total. The van der Waals surface area contributed by atoms with Gasteiger partial charge in [0.05, 0.1) is 12.5 Å². The minimum Gasteiger partial charge on any atom is -0.479 e. The highest BCUT2D eigenvalue weighted by molar-refractivity contribution is 5.86. The van der Waals surface area contributed by atoms with Crippen LogP contribution >= 0.6 is 24.8 Å². The molecule has 0 aliphatic carbocycles. The maximum Gasteiger partial charge on any atom is 0.242 e. The summed E-state index contributed by atoms with van der Waals surface area (Å²) < 4.78 is 7.18. The summed E-state index contributed by atoms with van der Waals surface area (Å²) in [5.74, 6) is 1.59. The zero-order chi connectivity index (χ0) is 20.3. The molecular weight excluding hydrogens is 425 g/mol. The highest BCUT2D eigenvalue weighted by Gasteiger charge is 2.23. The average molecular weight is 460 g/mol. The number of aryl methyl sites for hydroxylation is 3. The average Bonchev–Trinajstić information content (AvgIpc) is 3.02. The quantitative estimate of drug-likeness (QED) is 0.687. The molecule has 0 aromatic carbocycles. The summed E-state index contributed by atoms with van der Waals surface area (Å²) in [6.07, 6.45) is 4.67.